The van der Waals surface area contributed by atoms with Crippen LogP contribution in [0.15, 0.2) is 364 Å². The van der Waals surface area contributed by atoms with E-state index in [1.807, 2.05) is 84.9 Å². The summed E-state index contributed by atoms with van der Waals surface area (Å²) >= 11 is 0. The van der Waals surface area contributed by atoms with Crippen LogP contribution in [-0.4, -0.2) is 15.8 Å². The van der Waals surface area contributed by atoms with Crippen LogP contribution in [0.2, 0.25) is 0 Å². The Kier molecular flexibility index (Phi) is 12.9. The molecule has 0 spiro atoms. The zero-order chi connectivity index (χ0) is 89.9. The minimum atomic E-state index is -0.752. The molecule has 0 fully saturated rings. The molecule has 115 heavy (non-hydrogen) atoms. The molecule has 0 N–H and O–H groups in total. The Bertz CT molecular complexity index is 7990. The zero-order valence-corrected chi connectivity index (χ0v) is 65.4. The van der Waals surface area contributed by atoms with Crippen LogP contribution in [0, 0.1) is 0 Å². The monoisotopic (exact) mass is 1490 g/mol. The summed E-state index contributed by atoms with van der Waals surface area (Å²) in [7, 11) is 0. The average Bonchev–Trinajstić information content (AvgIpc) is 1.36. The number of para-hydroxylation sites is 3. The van der Waals surface area contributed by atoms with Crippen LogP contribution in [-0.2, 0) is 16.2 Å². The van der Waals surface area contributed by atoms with E-state index in [4.69, 9.17) is 0 Å². The number of nitrogens with zero attached hydrogens (tertiary/aromatic N) is 4. The number of aromatic nitrogens is 2. The minimum absolute atomic E-state index is 0.000960. The lowest BCUT2D eigenvalue weighted by Crippen LogP contribution is -2.61. The SMILES string of the molecule is [2H]c1c([2H])c([2H])c2c(c1[2H])c1c([2H])c([2H])c(-c3ccccc3)c([2H])c1n2-c1ccc2c(c1)N(c1c(-c3ccccc3)cccc1-c1ccccc1)c1cc(C(C)(C)C)cc3c1B2c1ccc(-n2c4c([2H])c([2H])c([2H])c([2H])c4c4c([2H])c([2H])c(-c5ccccc5)c([2H])c42)cc1N3c1c(-c2cccc(C(C)(C)C)c2)cc(C(C)(C)C)cc1-c1cccc2c1ccc1ccccc12. The average molecular weight is 1490 g/mol. The van der Waals surface area contributed by atoms with Gasteiger partial charge in [0.05, 0.1) is 52.6 Å². The summed E-state index contributed by atoms with van der Waals surface area (Å²) in [6.45, 7) is 19.4. The summed E-state index contributed by atoms with van der Waals surface area (Å²) in [5, 5.41) is 4.31. The highest BCUT2D eigenvalue weighted by molar-refractivity contribution is 7.00. The van der Waals surface area contributed by atoms with Crippen molar-refractivity contribution in [3.05, 3.63) is 380 Å². The molecule has 0 amide bonds. The third-order valence-corrected chi connectivity index (χ3v) is 23.6. The van der Waals surface area contributed by atoms with Gasteiger partial charge in [-0.2, -0.15) is 0 Å². The van der Waals surface area contributed by atoms with Crippen LogP contribution in [0.1, 0.15) is 98.2 Å². The van der Waals surface area contributed by atoms with Crippen LogP contribution in [0.5, 0.6) is 0 Å². The second-order valence-electron chi connectivity index (χ2n) is 33.7. The lowest BCUT2D eigenvalue weighted by molar-refractivity contribution is 0.589. The van der Waals surface area contributed by atoms with Crippen molar-refractivity contribution < 1.29 is 19.2 Å². The highest BCUT2D eigenvalue weighted by Gasteiger charge is 2.47. The minimum Gasteiger partial charge on any atom is -0.310 e. The van der Waals surface area contributed by atoms with E-state index in [0.29, 0.717) is 33.9 Å². The first kappa shape index (κ1) is 55.9. The summed E-state index contributed by atoms with van der Waals surface area (Å²) in [6, 6.07) is 90.3. The number of hydrogen-bond acceptors (Lipinski definition) is 2. The van der Waals surface area contributed by atoms with Crippen LogP contribution in [0.25, 0.3) is 143 Å². The Balaban J connectivity index is 0.986. The van der Waals surface area contributed by atoms with Gasteiger partial charge in [-0.15, -0.1) is 0 Å². The maximum Gasteiger partial charge on any atom is 0.252 e. The topological polar surface area (TPSA) is 16.3 Å². The molecule has 5 heteroatoms. The van der Waals surface area contributed by atoms with Gasteiger partial charge in [-0.1, -0.05) is 353 Å². The molecule has 2 aliphatic heterocycles. The largest absolute Gasteiger partial charge is 0.310 e. The second kappa shape index (κ2) is 26.6. The Morgan fingerprint density at radius 2 is 0.687 bits per heavy atom. The van der Waals surface area contributed by atoms with Crippen molar-refractivity contribution in [2.45, 2.75) is 78.6 Å². The molecule has 0 atom stereocenters. The van der Waals surface area contributed by atoms with Crippen molar-refractivity contribution in [1.29, 1.82) is 0 Å². The van der Waals surface area contributed by atoms with Gasteiger partial charge in [0.15, 0.2) is 0 Å². The van der Waals surface area contributed by atoms with Crippen molar-refractivity contribution >= 4 is 122 Å². The van der Waals surface area contributed by atoms with Crippen molar-refractivity contribution in [1.82, 2.24) is 9.13 Å². The maximum absolute atomic E-state index is 10.7. The fraction of sp³-hybridized carbons (Fsp3) is 0.109. The van der Waals surface area contributed by atoms with Gasteiger partial charge in [0, 0.05) is 77.9 Å². The molecule has 2 aromatic heterocycles. The second-order valence-corrected chi connectivity index (χ2v) is 33.7. The molecular formula is C110H87BN4. The third kappa shape index (κ3) is 11.4. The van der Waals surface area contributed by atoms with E-state index in [9.17, 15) is 19.2 Å². The first-order chi connectivity index (χ1) is 61.8. The molecule has 4 heterocycles. The van der Waals surface area contributed by atoms with Gasteiger partial charge in [0.25, 0.3) is 6.71 Å². The number of fused-ring (bicyclic) bond motifs is 13. The van der Waals surface area contributed by atoms with Gasteiger partial charge in [-0.3, -0.25) is 0 Å². The fourth-order valence-electron chi connectivity index (χ4n) is 17.8. The molecule has 4 nitrogen and oxygen atoms in total. The van der Waals surface area contributed by atoms with Crippen molar-refractivity contribution in [3.63, 3.8) is 0 Å². The number of hydrogen-bond donors (Lipinski definition) is 0. The molecule has 21 rings (SSSR count). The van der Waals surface area contributed by atoms with Crippen LogP contribution in [0.3, 0.4) is 0 Å². The van der Waals surface area contributed by atoms with Crippen molar-refractivity contribution in [3.8, 4) is 78.1 Å². The smallest absolute Gasteiger partial charge is 0.252 e. The van der Waals surface area contributed by atoms with E-state index in [1.165, 1.54) is 0 Å². The quantitative estimate of drug-likeness (QED) is 0.100. The maximum atomic E-state index is 10.7. The molecule has 17 aromatic carbocycles. The molecular weight excluding hydrogens is 1390 g/mol. The highest BCUT2D eigenvalue weighted by atomic mass is 15.2. The predicted molar refractivity (Wildman–Crippen MR) is 493 cm³/mol. The van der Waals surface area contributed by atoms with Crippen LogP contribution < -0.4 is 26.2 Å². The first-order valence-electron chi connectivity index (χ1n) is 46.5. The molecule has 2 aliphatic rings. The van der Waals surface area contributed by atoms with Gasteiger partial charge in [-0.25, -0.2) is 0 Å². The van der Waals surface area contributed by atoms with E-state index in [0.717, 1.165) is 122 Å². The summed E-state index contributed by atoms with van der Waals surface area (Å²) in [4.78, 5) is 4.84. The zero-order valence-electron chi connectivity index (χ0n) is 79.4. The summed E-state index contributed by atoms with van der Waals surface area (Å²) in [5.41, 5.74) is 18.3. The van der Waals surface area contributed by atoms with E-state index in [1.54, 1.807) is 33.4 Å². The molecule has 0 saturated carbocycles. The summed E-state index contributed by atoms with van der Waals surface area (Å²) in [6.07, 6.45) is 0. The van der Waals surface area contributed by atoms with E-state index in [2.05, 4.69) is 242 Å². The van der Waals surface area contributed by atoms with Crippen LogP contribution >= 0.6 is 0 Å². The van der Waals surface area contributed by atoms with E-state index >= 15 is 0 Å². The normalized spacial score (nSPS) is 14.6. The van der Waals surface area contributed by atoms with Crippen LogP contribution in [0.4, 0.5) is 34.1 Å². The lowest BCUT2D eigenvalue weighted by atomic mass is 9.33. The first-order valence-corrected chi connectivity index (χ1v) is 39.5. The Morgan fingerprint density at radius 1 is 0.261 bits per heavy atom. The lowest BCUT2D eigenvalue weighted by Gasteiger charge is -2.46. The number of rotatable bonds is 10. The molecule has 0 saturated heterocycles. The molecule has 0 radical (unpaired) electrons. The highest BCUT2D eigenvalue weighted by Crippen LogP contribution is 2.56. The standard InChI is InChI=1S/C110H87BN4/c1-108(2,3)78-41-28-40-77(61-78)93-64-79(109(4,5)6)65-94(87-48-30-47-86-83-42-23-22-39-74(83)51-56-88(86)87)107(93)115-102-69-82(113-98-50-27-25-44-90(98)92-58-53-76(63-100(92)113)71-33-16-11-17-34-71)55-60-96(102)111-95-59-54-81(112-97-49-26-24-43-89(97)91-57-52-75(62-99(91)112)70-31-14-10-15-32-70)68-101(95)114(103-66-80(110(7,8)9)67-104(115)105(103)111)106-84(72-35-18-12-19-36-72)45-29-46-85(106)73-37-20-13-21-38-73/h10-69H,1-9H3/i24D,25D,26D,27D,43D,44D,49D,50D,52D,53D,57D,58D,62D,63D. The van der Waals surface area contributed by atoms with Gasteiger partial charge < -0.3 is 18.9 Å². The molecule has 19 aromatic rings. The number of benzene rings is 17. The molecule has 550 valence electrons. The molecule has 0 bridgehead atoms. The van der Waals surface area contributed by atoms with Gasteiger partial charge in [-0.05, 0) is 188 Å². The van der Waals surface area contributed by atoms with Crippen molar-refractivity contribution in [2.24, 2.45) is 0 Å². The van der Waals surface area contributed by atoms with Gasteiger partial charge in [0.2, 0.25) is 0 Å². The predicted octanol–water partition coefficient (Wildman–Crippen LogP) is 28.2. The Hall–Kier alpha value is -13.5. The van der Waals surface area contributed by atoms with Crippen molar-refractivity contribution in [2.75, 3.05) is 9.80 Å². The molecule has 0 unspecified atom stereocenters. The number of anilines is 6. The third-order valence-electron chi connectivity index (χ3n) is 23.6. The van der Waals surface area contributed by atoms with E-state index < -0.39 is 65.9 Å². The summed E-state index contributed by atoms with van der Waals surface area (Å²) in [5.74, 6) is 0. The van der Waals surface area contributed by atoms with E-state index in [-0.39, 0.29) is 96.4 Å². The van der Waals surface area contributed by atoms with Gasteiger partial charge >= 0.3 is 0 Å². The molecule has 0 aliphatic carbocycles. The van der Waals surface area contributed by atoms with Gasteiger partial charge in [0.1, 0.15) is 0 Å². The Labute approximate surface area is 693 Å². The Morgan fingerprint density at radius 3 is 1.22 bits per heavy atom. The summed E-state index contributed by atoms with van der Waals surface area (Å²) < 4.78 is 143. The fourth-order valence-corrected chi connectivity index (χ4v) is 17.8.